The van der Waals surface area contributed by atoms with E-state index in [1.165, 1.54) is 18.2 Å². The van der Waals surface area contributed by atoms with Gasteiger partial charge in [0.2, 0.25) is 5.95 Å². The number of para-hydroxylation sites is 2. The van der Waals surface area contributed by atoms with E-state index in [4.69, 9.17) is 4.98 Å². The number of rotatable bonds is 10. The van der Waals surface area contributed by atoms with Gasteiger partial charge in [0.05, 0.1) is 11.1 Å². The van der Waals surface area contributed by atoms with Crippen molar-refractivity contribution >= 4 is 78.7 Å². The summed E-state index contributed by atoms with van der Waals surface area (Å²) in [4.78, 5) is 47.5. The molecule has 7 aromatic carbocycles. The monoisotopic (exact) mass is 824 g/mol. The molecule has 0 aliphatic rings. The first kappa shape index (κ1) is 38.7. The summed E-state index contributed by atoms with van der Waals surface area (Å²) in [6.45, 7) is 5.78. The molecule has 0 fully saturated rings. The number of amides is 3. The van der Waals surface area contributed by atoms with Crippen molar-refractivity contribution in [2.75, 3.05) is 16.0 Å². The summed E-state index contributed by atoms with van der Waals surface area (Å²) in [5.74, 6) is -1.73. The Morgan fingerprint density at radius 1 is 0.444 bits per heavy atom. The molecule has 0 aliphatic carbocycles. The molecule has 10 aromatic rings. The zero-order chi connectivity index (χ0) is 43.0. The molecule has 0 bridgehead atoms. The van der Waals surface area contributed by atoms with Crippen molar-refractivity contribution in [3.05, 3.63) is 180 Å². The summed E-state index contributed by atoms with van der Waals surface area (Å²) in [6, 6.07) is 51.5. The van der Waals surface area contributed by atoms with Crippen molar-refractivity contribution in [3.8, 4) is 22.5 Å². The number of nitrogens with one attached hydrogen (secondary N) is 3. The quantitative estimate of drug-likeness (QED) is 0.126. The molecule has 0 atom stereocenters. The highest BCUT2D eigenvalue weighted by atomic mass is 16.2. The smallest absolute Gasteiger partial charge is 0.258 e. The van der Waals surface area contributed by atoms with Crippen LogP contribution >= 0.6 is 0 Å². The third-order valence-corrected chi connectivity index (χ3v) is 11.5. The summed E-state index contributed by atoms with van der Waals surface area (Å²) < 4.78 is 4.47. The number of carbonyl (C=O) groups is 3. The number of anilines is 3. The van der Waals surface area contributed by atoms with Gasteiger partial charge in [-0.05, 0) is 80.6 Å². The largest absolute Gasteiger partial charge is 0.341 e. The molecule has 3 aromatic heterocycles. The molecule has 63 heavy (non-hydrogen) atoms. The van der Waals surface area contributed by atoms with Gasteiger partial charge in [0, 0.05) is 84.8 Å². The molecular formula is C52H40N8O3. The Kier molecular flexibility index (Phi) is 9.96. The summed E-state index contributed by atoms with van der Waals surface area (Å²) in [6.07, 6.45) is 0. The number of hydrogen-bond acceptors (Lipinski definition) is 6. The average molecular weight is 825 g/mol. The normalized spacial score (nSPS) is 11.3. The molecule has 0 spiro atoms. The van der Waals surface area contributed by atoms with Gasteiger partial charge in [0.25, 0.3) is 17.7 Å². The van der Waals surface area contributed by atoms with E-state index in [9.17, 15) is 14.4 Å². The number of fused-ring (bicyclic) bond motifs is 6. The molecule has 0 aliphatic heterocycles. The van der Waals surface area contributed by atoms with E-state index in [-0.39, 0.29) is 22.6 Å². The van der Waals surface area contributed by atoms with E-state index >= 15 is 0 Å². The predicted octanol–water partition coefficient (Wildman–Crippen LogP) is 11.2. The number of carbonyl (C=O) groups excluding carboxylic acids is 3. The minimum Gasteiger partial charge on any atom is -0.341 e. The van der Waals surface area contributed by atoms with Gasteiger partial charge < -0.3 is 19.8 Å². The van der Waals surface area contributed by atoms with E-state index in [1.807, 2.05) is 121 Å². The molecule has 11 nitrogen and oxygen atoms in total. The predicted molar refractivity (Wildman–Crippen MR) is 251 cm³/mol. The summed E-state index contributed by atoms with van der Waals surface area (Å²) >= 11 is 0. The van der Waals surface area contributed by atoms with Crippen molar-refractivity contribution in [2.24, 2.45) is 0 Å². The summed E-state index contributed by atoms with van der Waals surface area (Å²) in [7, 11) is 0. The Morgan fingerprint density at radius 3 is 1.51 bits per heavy atom. The summed E-state index contributed by atoms with van der Waals surface area (Å²) in [5.41, 5.74) is 8.28. The molecule has 0 saturated carbocycles. The van der Waals surface area contributed by atoms with Crippen LogP contribution in [0.25, 0.3) is 66.1 Å². The maximum absolute atomic E-state index is 14.5. The standard InChI is InChI=1S/C52H40N8O3/c1-3-59-43-21-13-11-19-37(43)40-30-35(24-27-45(40)59)53-49(61)34-23-26-39(42(29-34)51(63)54-36-25-28-46-41(31-36)38-20-12-14-22-44(38)60(46)4-2)50(62)56-52-55-47(32-15-7-5-8-16-32)48(57-58-52)33-17-9-6-10-18-33/h5-31H,3-4H2,1-2H3,(H,53,61)(H,54,63)(H,55,56,58,62). The molecule has 306 valence electrons. The minimum atomic E-state index is -0.653. The fourth-order valence-electron chi connectivity index (χ4n) is 8.55. The topological polar surface area (TPSA) is 136 Å². The molecule has 3 N–H and O–H groups in total. The van der Waals surface area contributed by atoms with Crippen molar-refractivity contribution < 1.29 is 14.4 Å². The second kappa shape index (κ2) is 16.2. The Hall–Kier alpha value is -8.44. The van der Waals surface area contributed by atoms with Crippen LogP contribution in [-0.2, 0) is 13.1 Å². The first-order valence-corrected chi connectivity index (χ1v) is 20.8. The molecular weight excluding hydrogens is 785 g/mol. The van der Waals surface area contributed by atoms with Gasteiger partial charge in [0.15, 0.2) is 0 Å². The molecule has 3 amide bonds. The average Bonchev–Trinajstić information content (AvgIpc) is 3.83. The number of benzene rings is 7. The summed E-state index contributed by atoms with van der Waals surface area (Å²) in [5, 5.41) is 21.7. The number of aryl methyl sites for hydroxylation is 2. The van der Waals surface area contributed by atoms with Gasteiger partial charge >= 0.3 is 0 Å². The van der Waals surface area contributed by atoms with Crippen molar-refractivity contribution in [3.63, 3.8) is 0 Å². The van der Waals surface area contributed by atoms with Gasteiger partial charge in [-0.3, -0.25) is 19.7 Å². The Bertz CT molecular complexity index is 3410. The molecule has 11 heteroatoms. The fraction of sp³-hybridized carbons (Fsp3) is 0.0769. The Morgan fingerprint density at radius 2 is 0.937 bits per heavy atom. The molecule has 10 rings (SSSR count). The lowest BCUT2D eigenvalue weighted by atomic mass is 10.0. The number of aromatic nitrogens is 5. The maximum Gasteiger partial charge on any atom is 0.258 e. The van der Waals surface area contributed by atoms with Gasteiger partial charge in [-0.1, -0.05) is 97.1 Å². The highest BCUT2D eigenvalue weighted by Crippen LogP contribution is 2.34. The van der Waals surface area contributed by atoms with Gasteiger partial charge in [-0.2, -0.15) is 0 Å². The van der Waals surface area contributed by atoms with Crippen LogP contribution in [0.1, 0.15) is 44.9 Å². The zero-order valence-corrected chi connectivity index (χ0v) is 34.5. The van der Waals surface area contributed by atoms with Crippen LogP contribution in [0, 0.1) is 0 Å². The molecule has 3 heterocycles. The first-order valence-electron chi connectivity index (χ1n) is 20.8. The second-order valence-electron chi connectivity index (χ2n) is 15.2. The molecule has 0 radical (unpaired) electrons. The van der Waals surface area contributed by atoms with E-state index in [1.54, 1.807) is 0 Å². The van der Waals surface area contributed by atoms with Crippen molar-refractivity contribution in [2.45, 2.75) is 26.9 Å². The van der Waals surface area contributed by atoms with Gasteiger partial charge in [-0.15, -0.1) is 10.2 Å². The third kappa shape index (κ3) is 7.11. The van der Waals surface area contributed by atoms with Crippen LogP contribution in [-0.4, -0.2) is 42.0 Å². The molecule has 0 unspecified atom stereocenters. The van der Waals surface area contributed by atoms with Gasteiger partial charge in [0.1, 0.15) is 11.4 Å². The van der Waals surface area contributed by atoms with Crippen molar-refractivity contribution in [1.82, 2.24) is 24.3 Å². The van der Waals surface area contributed by atoms with Gasteiger partial charge in [-0.25, -0.2) is 4.98 Å². The third-order valence-electron chi connectivity index (χ3n) is 11.5. The Balaban J connectivity index is 1.01. The Labute approximate surface area is 362 Å². The fourth-order valence-corrected chi connectivity index (χ4v) is 8.55. The highest BCUT2D eigenvalue weighted by molar-refractivity contribution is 6.18. The van der Waals surface area contributed by atoms with E-state index < -0.39 is 17.7 Å². The van der Waals surface area contributed by atoms with E-state index in [0.29, 0.717) is 22.8 Å². The molecule has 0 saturated heterocycles. The lowest BCUT2D eigenvalue weighted by Crippen LogP contribution is -2.23. The second-order valence-corrected chi connectivity index (χ2v) is 15.2. The highest BCUT2D eigenvalue weighted by Gasteiger charge is 2.23. The van der Waals surface area contributed by atoms with Crippen molar-refractivity contribution in [1.29, 1.82) is 0 Å². The first-order chi connectivity index (χ1) is 30.9. The van der Waals surface area contributed by atoms with E-state index in [2.05, 4.69) is 73.4 Å². The van der Waals surface area contributed by atoms with Crippen LogP contribution in [0.3, 0.4) is 0 Å². The van der Waals surface area contributed by atoms with E-state index in [0.717, 1.165) is 67.8 Å². The lowest BCUT2D eigenvalue weighted by molar-refractivity contribution is 0.0988. The maximum atomic E-state index is 14.5. The minimum absolute atomic E-state index is 0.0125. The van der Waals surface area contributed by atoms with Crippen LogP contribution < -0.4 is 16.0 Å². The zero-order valence-electron chi connectivity index (χ0n) is 34.5. The van der Waals surface area contributed by atoms with Crippen LogP contribution in [0.5, 0.6) is 0 Å². The number of nitrogens with zero attached hydrogens (tertiary/aromatic N) is 5. The SMILES string of the molecule is CCn1c2ccccc2c2cc(NC(=O)c3ccc(C(=O)Nc4nnc(-c5ccccc5)c(-c5ccccc5)n4)c(C(=O)Nc4ccc5c(c4)c4ccccc4n5CC)c3)ccc21. The number of hydrogen-bond donors (Lipinski definition) is 3. The lowest BCUT2D eigenvalue weighted by Gasteiger charge is -2.14. The van der Waals surface area contributed by atoms with Crippen LogP contribution in [0.4, 0.5) is 17.3 Å². The van der Waals surface area contributed by atoms with Crippen LogP contribution in [0.2, 0.25) is 0 Å². The van der Waals surface area contributed by atoms with Crippen LogP contribution in [0.15, 0.2) is 164 Å².